The number of hydrogen-bond acceptors (Lipinski definition) is 2. The van der Waals surface area contributed by atoms with Gasteiger partial charge in [-0.3, -0.25) is 4.98 Å². The van der Waals surface area contributed by atoms with Crippen LogP contribution in [-0.2, 0) is 25.8 Å². The fourth-order valence-electron chi connectivity index (χ4n) is 5.10. The van der Waals surface area contributed by atoms with Crippen LogP contribution in [0.2, 0.25) is 0 Å². The number of benzene rings is 1. The first-order valence-electron chi connectivity index (χ1n) is 13.4. The smallest absolute Gasteiger partial charge is 0.153 e. The molecule has 0 amide bonds. The lowest BCUT2D eigenvalue weighted by Crippen LogP contribution is -2.05. The van der Waals surface area contributed by atoms with Crippen LogP contribution >= 0.6 is 0 Å². The van der Waals surface area contributed by atoms with Crippen LogP contribution in [0.5, 0.6) is 0 Å². The van der Waals surface area contributed by atoms with Crippen molar-refractivity contribution in [1.29, 1.82) is 0 Å². The van der Waals surface area contributed by atoms with Crippen molar-refractivity contribution < 1.29 is 4.39 Å². The number of allylic oxidation sites excluding steroid dienone is 8. The Labute approximate surface area is 217 Å². The molecule has 0 atom stereocenters. The molecule has 0 unspecified atom stereocenters. The summed E-state index contributed by atoms with van der Waals surface area (Å²) in [6.07, 6.45) is 20.6. The maximum Gasteiger partial charge on any atom is 0.153 e. The summed E-state index contributed by atoms with van der Waals surface area (Å²) >= 11 is 0. The molecule has 2 nitrogen and oxygen atoms in total. The van der Waals surface area contributed by atoms with Crippen LogP contribution < -0.4 is 5.73 Å². The number of hydrogen-bond donors (Lipinski definition) is 1. The molecule has 2 aliphatic rings. The first-order chi connectivity index (χ1) is 17.5. The van der Waals surface area contributed by atoms with Gasteiger partial charge in [0, 0.05) is 18.3 Å². The van der Waals surface area contributed by atoms with Gasteiger partial charge < -0.3 is 5.73 Å². The van der Waals surface area contributed by atoms with E-state index >= 15 is 4.39 Å². The van der Waals surface area contributed by atoms with E-state index in [1.807, 2.05) is 13.8 Å². The molecular formula is C33H41FN2. The van der Waals surface area contributed by atoms with Gasteiger partial charge in [-0.2, -0.15) is 0 Å². The molecule has 0 fully saturated rings. The lowest BCUT2D eigenvalue weighted by atomic mass is 9.88. The highest BCUT2D eigenvalue weighted by Crippen LogP contribution is 2.43. The minimum absolute atomic E-state index is 0.108. The number of nitrogens with two attached hydrogens (primary N) is 1. The summed E-state index contributed by atoms with van der Waals surface area (Å²) in [5.74, 6) is -0.280. The highest BCUT2D eigenvalue weighted by atomic mass is 19.1. The van der Waals surface area contributed by atoms with Crippen molar-refractivity contribution in [1.82, 2.24) is 4.98 Å². The van der Waals surface area contributed by atoms with Gasteiger partial charge in [0.2, 0.25) is 0 Å². The van der Waals surface area contributed by atoms with Gasteiger partial charge >= 0.3 is 0 Å². The van der Waals surface area contributed by atoms with E-state index in [1.54, 1.807) is 12.3 Å². The largest absolute Gasteiger partial charge is 0.325 e. The molecule has 0 saturated heterocycles. The second-order valence-electron chi connectivity index (χ2n) is 9.46. The molecule has 4 rings (SSSR count). The van der Waals surface area contributed by atoms with Crippen molar-refractivity contribution in [3.63, 3.8) is 0 Å². The van der Waals surface area contributed by atoms with Gasteiger partial charge in [0.05, 0.1) is 5.69 Å². The highest BCUT2D eigenvalue weighted by molar-refractivity contribution is 5.82. The molecule has 190 valence electrons. The number of rotatable bonds is 10. The van der Waals surface area contributed by atoms with Crippen molar-refractivity contribution in [2.75, 3.05) is 0 Å². The molecule has 0 radical (unpaired) electrons. The minimum atomic E-state index is -0.280. The molecule has 0 spiro atoms. The fourth-order valence-corrected chi connectivity index (χ4v) is 5.10. The number of fused-ring (bicyclic) bond motifs is 3. The number of pyridine rings is 1. The van der Waals surface area contributed by atoms with Gasteiger partial charge in [0.1, 0.15) is 0 Å². The Hall–Kier alpha value is -3.04. The first kappa shape index (κ1) is 27.5. The van der Waals surface area contributed by atoms with Crippen molar-refractivity contribution in [2.24, 2.45) is 5.73 Å². The van der Waals surface area contributed by atoms with E-state index in [-0.39, 0.29) is 12.4 Å². The molecule has 0 bridgehead atoms. The second-order valence-corrected chi connectivity index (χ2v) is 9.46. The van der Waals surface area contributed by atoms with Crippen LogP contribution in [0.15, 0.2) is 73.0 Å². The third-order valence-corrected chi connectivity index (χ3v) is 6.90. The van der Waals surface area contributed by atoms with Crippen molar-refractivity contribution in [3.05, 3.63) is 107 Å². The van der Waals surface area contributed by atoms with Crippen LogP contribution in [0.25, 0.3) is 16.7 Å². The number of aromatic nitrogens is 1. The average molecular weight is 485 g/mol. The van der Waals surface area contributed by atoms with Crippen molar-refractivity contribution in [3.8, 4) is 11.1 Å². The van der Waals surface area contributed by atoms with Gasteiger partial charge in [-0.05, 0) is 104 Å². The average Bonchev–Trinajstić information content (AvgIpc) is 3.53. The van der Waals surface area contributed by atoms with Gasteiger partial charge in [0.25, 0.3) is 0 Å². The van der Waals surface area contributed by atoms with Crippen LogP contribution in [0.4, 0.5) is 4.39 Å². The van der Waals surface area contributed by atoms with Crippen molar-refractivity contribution in [2.45, 2.75) is 78.7 Å². The van der Waals surface area contributed by atoms with Gasteiger partial charge in [-0.1, -0.05) is 62.0 Å². The molecule has 1 aromatic heterocycles. The monoisotopic (exact) mass is 484 g/mol. The normalized spacial score (nSPS) is 14.0. The quantitative estimate of drug-likeness (QED) is 0.271. The Kier molecular flexibility index (Phi) is 10.2. The Balaban J connectivity index is 0.00000176. The molecule has 0 saturated carbocycles. The van der Waals surface area contributed by atoms with Gasteiger partial charge in [0.15, 0.2) is 5.82 Å². The van der Waals surface area contributed by atoms with E-state index in [2.05, 4.69) is 61.5 Å². The van der Waals surface area contributed by atoms with E-state index in [4.69, 9.17) is 5.73 Å². The molecule has 1 aromatic carbocycles. The number of halogens is 1. The van der Waals surface area contributed by atoms with E-state index in [9.17, 15) is 0 Å². The Morgan fingerprint density at radius 2 is 1.83 bits per heavy atom. The second kappa shape index (κ2) is 13.3. The summed E-state index contributed by atoms with van der Waals surface area (Å²) in [4.78, 5) is 4.13. The van der Waals surface area contributed by atoms with Crippen LogP contribution in [0, 0.1) is 5.82 Å². The summed E-state index contributed by atoms with van der Waals surface area (Å²) < 4.78 is 15.2. The molecule has 1 heterocycles. The Morgan fingerprint density at radius 1 is 1.06 bits per heavy atom. The molecular weight excluding hydrogens is 443 g/mol. The zero-order valence-electron chi connectivity index (χ0n) is 22.3. The highest BCUT2D eigenvalue weighted by Gasteiger charge is 2.27. The third-order valence-electron chi connectivity index (χ3n) is 6.90. The lowest BCUT2D eigenvalue weighted by Gasteiger charge is -2.17. The standard InChI is InChI=1S/C31H35FN2.C2H6/c1-21(2)9-6-4-5-7-10-22(3)13-14-23-15-16-26-24-11-8-12-25(24)29(19-28(23)26)27-17-18-34-30(20-33)31(27)32;1-2/h4-5,7,10,15,17-19H,1,3,6,8-9,11-14,16,20,33H2,2H3;1-2H3/b5-4-,10-7-;. The predicted octanol–water partition coefficient (Wildman–Crippen LogP) is 8.61. The molecule has 0 aliphatic heterocycles. The molecule has 2 N–H and O–H groups in total. The maximum absolute atomic E-state index is 15.2. The van der Waals surface area contributed by atoms with Gasteiger partial charge in [-0.25, -0.2) is 4.39 Å². The van der Waals surface area contributed by atoms with Crippen LogP contribution in [0.1, 0.15) is 80.8 Å². The number of nitrogens with zero attached hydrogens (tertiary/aromatic N) is 1. The van der Waals surface area contributed by atoms with E-state index < -0.39 is 0 Å². The van der Waals surface area contributed by atoms with Crippen LogP contribution in [0.3, 0.4) is 0 Å². The predicted molar refractivity (Wildman–Crippen MR) is 153 cm³/mol. The maximum atomic E-state index is 15.2. The van der Waals surface area contributed by atoms with E-state index in [0.717, 1.165) is 62.5 Å². The van der Waals surface area contributed by atoms with E-state index in [0.29, 0.717) is 11.3 Å². The van der Waals surface area contributed by atoms with Crippen LogP contribution in [-0.4, -0.2) is 4.98 Å². The summed E-state index contributed by atoms with van der Waals surface area (Å²) in [7, 11) is 0. The topological polar surface area (TPSA) is 38.9 Å². The zero-order valence-corrected chi connectivity index (χ0v) is 22.3. The van der Waals surface area contributed by atoms with Gasteiger partial charge in [-0.15, -0.1) is 6.58 Å². The summed E-state index contributed by atoms with van der Waals surface area (Å²) in [6, 6.07) is 4.02. The zero-order chi connectivity index (χ0) is 26.1. The minimum Gasteiger partial charge on any atom is -0.325 e. The van der Waals surface area contributed by atoms with E-state index in [1.165, 1.54) is 33.4 Å². The first-order valence-corrected chi connectivity index (χ1v) is 13.4. The lowest BCUT2D eigenvalue weighted by molar-refractivity contribution is 0.603. The van der Waals surface area contributed by atoms with Crippen molar-refractivity contribution >= 4 is 5.57 Å². The summed E-state index contributed by atoms with van der Waals surface area (Å²) in [5, 5.41) is 0. The summed E-state index contributed by atoms with van der Waals surface area (Å²) in [6.45, 7) is 14.3. The fraction of sp³-hybridized carbons (Fsp3) is 0.364. The third kappa shape index (κ3) is 6.39. The Morgan fingerprint density at radius 3 is 2.58 bits per heavy atom. The molecule has 36 heavy (non-hydrogen) atoms. The Bertz CT molecular complexity index is 1200. The molecule has 3 heteroatoms. The SMILES string of the molecule is C=C(C)CC/C=C\C=C/C(=C)CCC1=CCc2c1cc(-c1ccnc(CN)c1F)c1c2CCC1.CC. The molecule has 2 aliphatic carbocycles. The summed E-state index contributed by atoms with van der Waals surface area (Å²) in [5.41, 5.74) is 16.9. The molecule has 2 aromatic rings.